The largest absolute Gasteiger partial charge is 0.483 e. The van der Waals surface area contributed by atoms with Crippen molar-refractivity contribution in [2.75, 3.05) is 18.5 Å². The van der Waals surface area contributed by atoms with Crippen molar-refractivity contribution in [1.29, 1.82) is 0 Å². The van der Waals surface area contributed by atoms with Crippen LogP contribution in [0.3, 0.4) is 0 Å². The molecule has 6 heteroatoms. The number of anilines is 1. The summed E-state index contributed by atoms with van der Waals surface area (Å²) in [4.78, 5) is 24.3. The normalized spacial score (nSPS) is 11.1. The van der Waals surface area contributed by atoms with Crippen LogP contribution in [0, 0.1) is 6.92 Å². The lowest BCUT2D eigenvalue weighted by molar-refractivity contribution is -0.118. The van der Waals surface area contributed by atoms with E-state index in [9.17, 15) is 9.59 Å². The molecule has 2 aromatic rings. The number of hydrogen-bond donors (Lipinski definition) is 1. The number of ether oxygens (including phenoxy) is 2. The first-order valence-corrected chi connectivity index (χ1v) is 9.92. The van der Waals surface area contributed by atoms with Gasteiger partial charge < -0.3 is 14.8 Å². The average molecular weight is 448 g/mol. The fourth-order valence-corrected chi connectivity index (χ4v) is 3.11. The summed E-state index contributed by atoms with van der Waals surface area (Å²) < 4.78 is 11.5. The molecule has 0 aromatic heterocycles. The number of halogens is 1. The highest BCUT2D eigenvalue weighted by Gasteiger charge is 2.17. The molecule has 0 bridgehead atoms. The highest BCUT2D eigenvalue weighted by molar-refractivity contribution is 9.10. The number of benzene rings is 2. The second kappa shape index (κ2) is 9.24. The Morgan fingerprint density at radius 1 is 1.14 bits per heavy atom. The first kappa shape index (κ1) is 22.0. The number of carbonyl (C=O) groups excluding carboxylic acids is 2. The molecule has 0 atom stereocenters. The highest BCUT2D eigenvalue weighted by atomic mass is 79.9. The van der Waals surface area contributed by atoms with Gasteiger partial charge in [-0.2, -0.15) is 0 Å². The summed E-state index contributed by atoms with van der Waals surface area (Å²) in [5.41, 5.74) is 2.84. The zero-order valence-corrected chi connectivity index (χ0v) is 18.5. The van der Waals surface area contributed by atoms with Gasteiger partial charge in [-0.15, -0.1) is 0 Å². The molecule has 5 nitrogen and oxygen atoms in total. The average Bonchev–Trinajstić information content (AvgIpc) is 2.61. The highest BCUT2D eigenvalue weighted by Crippen LogP contribution is 2.31. The van der Waals surface area contributed by atoms with E-state index in [0.29, 0.717) is 29.2 Å². The number of hydrogen-bond acceptors (Lipinski definition) is 4. The second-order valence-electron chi connectivity index (χ2n) is 7.43. The van der Waals surface area contributed by atoms with Gasteiger partial charge in [0.1, 0.15) is 5.75 Å². The smallest absolute Gasteiger partial charge is 0.338 e. The molecule has 0 saturated heterocycles. The molecule has 0 aliphatic carbocycles. The van der Waals surface area contributed by atoms with Crippen LogP contribution in [-0.2, 0) is 14.9 Å². The molecule has 0 spiro atoms. The Balaban J connectivity index is 2.04. The minimum atomic E-state index is -0.407. The van der Waals surface area contributed by atoms with Gasteiger partial charge in [0.05, 0.1) is 16.6 Å². The number of esters is 1. The molecule has 0 fully saturated rings. The predicted molar refractivity (Wildman–Crippen MR) is 114 cm³/mol. The van der Waals surface area contributed by atoms with Crippen LogP contribution in [0.1, 0.15) is 49.2 Å². The van der Waals surface area contributed by atoms with Gasteiger partial charge in [0, 0.05) is 5.69 Å². The number of rotatable bonds is 6. The number of carbonyl (C=O) groups is 2. The molecule has 0 saturated carbocycles. The first-order valence-electron chi connectivity index (χ1n) is 9.13. The van der Waals surface area contributed by atoms with Crippen molar-refractivity contribution in [2.45, 2.75) is 40.0 Å². The summed E-state index contributed by atoms with van der Waals surface area (Å²) >= 11 is 3.50. The molecular formula is C22H26BrNO4. The fourth-order valence-electron chi connectivity index (χ4n) is 2.62. The van der Waals surface area contributed by atoms with E-state index in [2.05, 4.69) is 42.0 Å². The van der Waals surface area contributed by atoms with E-state index in [0.717, 1.165) is 4.47 Å². The van der Waals surface area contributed by atoms with Gasteiger partial charge >= 0.3 is 5.97 Å². The van der Waals surface area contributed by atoms with E-state index in [1.807, 2.05) is 18.2 Å². The summed E-state index contributed by atoms with van der Waals surface area (Å²) in [6, 6.07) is 11.0. The maximum absolute atomic E-state index is 12.3. The van der Waals surface area contributed by atoms with Crippen molar-refractivity contribution >= 4 is 33.5 Å². The lowest BCUT2D eigenvalue weighted by atomic mass is 9.87. The molecule has 0 radical (unpaired) electrons. The third kappa shape index (κ3) is 5.58. The van der Waals surface area contributed by atoms with Gasteiger partial charge in [-0.05, 0) is 70.6 Å². The van der Waals surface area contributed by atoms with E-state index in [1.54, 1.807) is 32.0 Å². The first-order chi connectivity index (χ1) is 13.1. The monoisotopic (exact) mass is 447 g/mol. The van der Waals surface area contributed by atoms with E-state index in [1.165, 1.54) is 5.56 Å². The summed E-state index contributed by atoms with van der Waals surface area (Å²) in [5, 5.41) is 2.79. The van der Waals surface area contributed by atoms with Gasteiger partial charge in [0.15, 0.2) is 6.61 Å². The number of nitrogens with one attached hydrogen (secondary N) is 1. The second-order valence-corrected chi connectivity index (χ2v) is 8.28. The molecule has 2 aromatic carbocycles. The maximum Gasteiger partial charge on any atom is 0.338 e. The lowest BCUT2D eigenvalue weighted by Gasteiger charge is -2.20. The van der Waals surface area contributed by atoms with Crippen molar-refractivity contribution in [1.82, 2.24) is 0 Å². The van der Waals surface area contributed by atoms with Crippen molar-refractivity contribution in [3.05, 3.63) is 57.6 Å². The lowest BCUT2D eigenvalue weighted by Crippen LogP contribution is -2.21. The molecule has 0 aliphatic rings. The van der Waals surface area contributed by atoms with Crippen LogP contribution in [0.2, 0.25) is 0 Å². The summed E-state index contributed by atoms with van der Waals surface area (Å²) in [6.45, 7) is 10.1. The summed E-state index contributed by atoms with van der Waals surface area (Å²) in [5.74, 6) is -0.119. The topological polar surface area (TPSA) is 64.6 Å². The number of amides is 1. The van der Waals surface area contributed by atoms with Crippen LogP contribution in [0.15, 0.2) is 40.9 Å². The van der Waals surface area contributed by atoms with E-state index in [4.69, 9.17) is 9.47 Å². The van der Waals surface area contributed by atoms with Crippen LogP contribution < -0.4 is 10.1 Å². The van der Waals surface area contributed by atoms with Gasteiger partial charge in [-0.1, -0.05) is 32.9 Å². The molecule has 0 aliphatic heterocycles. The van der Waals surface area contributed by atoms with Crippen molar-refractivity contribution in [3.8, 4) is 5.75 Å². The molecule has 0 unspecified atom stereocenters. The molecule has 1 N–H and O–H groups in total. The Morgan fingerprint density at radius 2 is 1.86 bits per heavy atom. The molecule has 0 heterocycles. The van der Waals surface area contributed by atoms with Crippen molar-refractivity contribution < 1.29 is 19.1 Å². The molecule has 1 amide bonds. The quantitative estimate of drug-likeness (QED) is 0.614. The predicted octanol–water partition coefficient (Wildman–Crippen LogP) is 5.25. The van der Waals surface area contributed by atoms with Gasteiger partial charge in [0.2, 0.25) is 0 Å². The Labute approximate surface area is 174 Å². The molecule has 150 valence electrons. The third-order valence-electron chi connectivity index (χ3n) is 4.26. The Kier molecular flexibility index (Phi) is 7.24. The standard InChI is InChI=1S/C22H26BrNO4/c1-6-27-21(26)16-8-7-9-18(14(16)2)24-20(25)13-28-19-11-10-15(12-17(19)23)22(3,4)5/h7-12H,6,13H2,1-5H3,(H,24,25). The SMILES string of the molecule is CCOC(=O)c1cccc(NC(=O)COc2ccc(C(C)(C)C)cc2Br)c1C. The molecule has 2 rings (SSSR count). The minimum absolute atomic E-state index is 0.0277. The maximum atomic E-state index is 12.3. The fraction of sp³-hybridized carbons (Fsp3) is 0.364. The summed E-state index contributed by atoms with van der Waals surface area (Å²) in [7, 11) is 0. The van der Waals surface area contributed by atoms with E-state index >= 15 is 0 Å². The molecular weight excluding hydrogens is 422 g/mol. The molecule has 28 heavy (non-hydrogen) atoms. The Hall–Kier alpha value is -2.34. The zero-order valence-electron chi connectivity index (χ0n) is 16.9. The van der Waals surface area contributed by atoms with Crippen LogP contribution in [-0.4, -0.2) is 25.1 Å². The van der Waals surface area contributed by atoms with Crippen molar-refractivity contribution in [2.24, 2.45) is 0 Å². The van der Waals surface area contributed by atoms with E-state index < -0.39 is 5.97 Å². The van der Waals surface area contributed by atoms with Crippen LogP contribution >= 0.6 is 15.9 Å². The van der Waals surface area contributed by atoms with Gasteiger partial charge in [0.25, 0.3) is 5.91 Å². The minimum Gasteiger partial charge on any atom is -0.483 e. The van der Waals surface area contributed by atoms with E-state index in [-0.39, 0.29) is 17.9 Å². The van der Waals surface area contributed by atoms with Crippen LogP contribution in [0.5, 0.6) is 5.75 Å². The summed E-state index contributed by atoms with van der Waals surface area (Å²) in [6.07, 6.45) is 0. The van der Waals surface area contributed by atoms with Crippen LogP contribution in [0.4, 0.5) is 5.69 Å². The van der Waals surface area contributed by atoms with Crippen LogP contribution in [0.25, 0.3) is 0 Å². The van der Waals surface area contributed by atoms with Gasteiger partial charge in [-0.3, -0.25) is 4.79 Å². The Bertz CT molecular complexity index is 871. The third-order valence-corrected chi connectivity index (χ3v) is 4.88. The Morgan fingerprint density at radius 3 is 2.46 bits per heavy atom. The zero-order chi connectivity index (χ0) is 20.9. The van der Waals surface area contributed by atoms with Crippen molar-refractivity contribution in [3.63, 3.8) is 0 Å². The van der Waals surface area contributed by atoms with Gasteiger partial charge in [-0.25, -0.2) is 4.79 Å².